The van der Waals surface area contributed by atoms with Gasteiger partial charge in [0.05, 0.1) is 5.54 Å². The van der Waals surface area contributed by atoms with Gasteiger partial charge in [0, 0.05) is 23.3 Å². The minimum absolute atomic E-state index is 0.0876. The molecule has 0 unspecified atom stereocenters. The molecule has 1 aromatic carbocycles. The van der Waals surface area contributed by atoms with Gasteiger partial charge in [-0.15, -0.1) is 0 Å². The maximum Gasteiger partial charge on any atom is 0.220 e. The van der Waals surface area contributed by atoms with Crippen LogP contribution in [0.15, 0.2) is 48.7 Å². The lowest BCUT2D eigenvalue weighted by molar-refractivity contribution is -0.123. The van der Waals surface area contributed by atoms with Crippen molar-refractivity contribution in [2.45, 2.75) is 51.5 Å². The largest absolute Gasteiger partial charge is 0.347 e. The Morgan fingerprint density at radius 2 is 1.83 bits per heavy atom. The molecule has 0 saturated heterocycles. The SMILES string of the molecule is CCC(CC)(NC(=O)CCCc1ccccn1)c1ccc(Cl)cc1. The van der Waals surface area contributed by atoms with Gasteiger partial charge in [0.25, 0.3) is 0 Å². The molecule has 24 heavy (non-hydrogen) atoms. The summed E-state index contributed by atoms with van der Waals surface area (Å²) in [5, 5.41) is 3.96. The molecule has 1 N–H and O–H groups in total. The first kappa shape index (κ1) is 18.5. The van der Waals surface area contributed by atoms with Gasteiger partial charge in [-0.05, 0) is 55.5 Å². The number of hydrogen-bond acceptors (Lipinski definition) is 2. The molecule has 0 radical (unpaired) electrons. The minimum atomic E-state index is -0.327. The maximum atomic E-state index is 12.4. The number of hydrogen-bond donors (Lipinski definition) is 1. The lowest BCUT2D eigenvalue weighted by Crippen LogP contribution is -2.45. The number of carbonyl (C=O) groups excluding carboxylic acids is 1. The summed E-state index contributed by atoms with van der Waals surface area (Å²) in [5.41, 5.74) is 1.81. The van der Waals surface area contributed by atoms with Crippen LogP contribution in [0.5, 0.6) is 0 Å². The zero-order chi connectivity index (χ0) is 17.4. The smallest absolute Gasteiger partial charge is 0.220 e. The second-order valence-corrected chi connectivity index (χ2v) is 6.46. The Morgan fingerprint density at radius 1 is 1.12 bits per heavy atom. The van der Waals surface area contributed by atoms with E-state index >= 15 is 0 Å². The van der Waals surface area contributed by atoms with Gasteiger partial charge in [-0.25, -0.2) is 0 Å². The van der Waals surface area contributed by atoms with Gasteiger partial charge in [0.1, 0.15) is 0 Å². The molecule has 0 spiro atoms. The zero-order valence-electron chi connectivity index (χ0n) is 14.4. The van der Waals surface area contributed by atoms with E-state index < -0.39 is 0 Å². The van der Waals surface area contributed by atoms with Gasteiger partial charge in [-0.3, -0.25) is 9.78 Å². The Kier molecular flexibility index (Phi) is 6.80. The topological polar surface area (TPSA) is 42.0 Å². The normalized spacial score (nSPS) is 11.3. The van der Waals surface area contributed by atoms with Crippen LogP contribution in [-0.4, -0.2) is 10.9 Å². The van der Waals surface area contributed by atoms with Crippen LogP contribution in [0.3, 0.4) is 0 Å². The quantitative estimate of drug-likeness (QED) is 0.740. The van der Waals surface area contributed by atoms with Crippen molar-refractivity contribution in [3.8, 4) is 0 Å². The maximum absolute atomic E-state index is 12.4. The Hall–Kier alpha value is -1.87. The summed E-state index contributed by atoms with van der Waals surface area (Å²) in [5.74, 6) is 0.0876. The number of carbonyl (C=O) groups is 1. The molecular formula is C20H25ClN2O. The number of benzene rings is 1. The number of rotatable bonds is 8. The lowest BCUT2D eigenvalue weighted by Gasteiger charge is -2.33. The molecule has 128 valence electrons. The lowest BCUT2D eigenvalue weighted by atomic mass is 9.84. The highest BCUT2D eigenvalue weighted by Crippen LogP contribution is 2.30. The molecule has 2 aromatic rings. The fourth-order valence-electron chi connectivity index (χ4n) is 2.98. The summed E-state index contributed by atoms with van der Waals surface area (Å²) in [7, 11) is 0. The average Bonchev–Trinajstić information content (AvgIpc) is 2.61. The van der Waals surface area contributed by atoms with E-state index in [1.54, 1.807) is 6.20 Å². The number of nitrogens with zero attached hydrogens (tertiary/aromatic N) is 1. The van der Waals surface area contributed by atoms with E-state index in [0.717, 1.165) is 36.9 Å². The molecule has 0 aliphatic carbocycles. The van der Waals surface area contributed by atoms with E-state index in [-0.39, 0.29) is 11.4 Å². The monoisotopic (exact) mass is 344 g/mol. The Labute approximate surface area is 149 Å². The van der Waals surface area contributed by atoms with Gasteiger partial charge >= 0.3 is 0 Å². The Balaban J connectivity index is 1.96. The molecule has 4 heteroatoms. The van der Waals surface area contributed by atoms with Crippen molar-refractivity contribution in [2.24, 2.45) is 0 Å². The van der Waals surface area contributed by atoms with Gasteiger partial charge in [0.2, 0.25) is 5.91 Å². The van der Waals surface area contributed by atoms with Crippen LogP contribution < -0.4 is 5.32 Å². The van der Waals surface area contributed by atoms with E-state index in [1.807, 2.05) is 42.5 Å². The van der Waals surface area contributed by atoms with Crippen molar-refractivity contribution >= 4 is 17.5 Å². The molecule has 2 rings (SSSR count). The van der Waals surface area contributed by atoms with E-state index in [2.05, 4.69) is 24.1 Å². The Bertz CT molecular complexity index is 636. The third kappa shape index (κ3) is 4.81. The molecule has 0 aliphatic rings. The standard InChI is InChI=1S/C20H25ClN2O/c1-3-20(4-2,16-11-13-17(21)14-12-16)23-19(24)10-7-9-18-8-5-6-15-22-18/h5-6,8,11-15H,3-4,7,9-10H2,1-2H3,(H,23,24). The van der Waals surface area contributed by atoms with E-state index in [1.165, 1.54) is 0 Å². The first-order valence-corrected chi connectivity index (χ1v) is 8.94. The first-order chi connectivity index (χ1) is 11.6. The van der Waals surface area contributed by atoms with Crippen LogP contribution in [-0.2, 0) is 16.8 Å². The van der Waals surface area contributed by atoms with E-state index in [0.29, 0.717) is 11.4 Å². The summed E-state index contributed by atoms with van der Waals surface area (Å²) < 4.78 is 0. The fourth-order valence-corrected chi connectivity index (χ4v) is 3.11. The average molecular weight is 345 g/mol. The molecule has 0 saturated carbocycles. The minimum Gasteiger partial charge on any atom is -0.347 e. The predicted molar refractivity (Wildman–Crippen MR) is 99.0 cm³/mol. The van der Waals surface area contributed by atoms with Crippen molar-refractivity contribution in [3.05, 3.63) is 64.9 Å². The molecule has 0 aliphatic heterocycles. The summed E-state index contributed by atoms with van der Waals surface area (Å²) in [6.07, 6.45) is 5.60. The number of pyridine rings is 1. The second-order valence-electron chi connectivity index (χ2n) is 6.02. The van der Waals surface area contributed by atoms with Crippen molar-refractivity contribution in [1.29, 1.82) is 0 Å². The predicted octanol–water partition coefficient (Wildman–Crippen LogP) is 4.89. The van der Waals surface area contributed by atoms with Crippen LogP contribution in [0.2, 0.25) is 5.02 Å². The molecule has 0 atom stereocenters. The van der Waals surface area contributed by atoms with E-state index in [4.69, 9.17) is 11.6 Å². The van der Waals surface area contributed by atoms with Gasteiger partial charge in [0.15, 0.2) is 0 Å². The number of aryl methyl sites for hydroxylation is 1. The van der Waals surface area contributed by atoms with Crippen molar-refractivity contribution < 1.29 is 4.79 Å². The van der Waals surface area contributed by atoms with Gasteiger partial charge in [-0.2, -0.15) is 0 Å². The number of halogens is 1. The molecule has 3 nitrogen and oxygen atoms in total. The highest BCUT2D eigenvalue weighted by molar-refractivity contribution is 6.30. The van der Waals surface area contributed by atoms with Crippen LogP contribution >= 0.6 is 11.6 Å². The van der Waals surface area contributed by atoms with Crippen LogP contribution in [0.1, 0.15) is 50.8 Å². The fraction of sp³-hybridized carbons (Fsp3) is 0.400. The van der Waals surface area contributed by atoms with Crippen molar-refractivity contribution in [2.75, 3.05) is 0 Å². The third-order valence-electron chi connectivity index (χ3n) is 4.55. The van der Waals surface area contributed by atoms with Crippen LogP contribution in [0.25, 0.3) is 0 Å². The van der Waals surface area contributed by atoms with Crippen molar-refractivity contribution in [1.82, 2.24) is 10.3 Å². The van der Waals surface area contributed by atoms with Gasteiger partial charge in [-0.1, -0.05) is 43.6 Å². The summed E-state index contributed by atoms with van der Waals surface area (Å²) in [6, 6.07) is 13.6. The van der Waals surface area contributed by atoms with Crippen LogP contribution in [0, 0.1) is 0 Å². The molecule has 0 bridgehead atoms. The first-order valence-electron chi connectivity index (χ1n) is 8.56. The second kappa shape index (κ2) is 8.84. The summed E-state index contributed by atoms with van der Waals surface area (Å²) in [4.78, 5) is 16.7. The number of nitrogens with one attached hydrogen (secondary N) is 1. The zero-order valence-corrected chi connectivity index (χ0v) is 15.1. The van der Waals surface area contributed by atoms with Gasteiger partial charge < -0.3 is 5.32 Å². The van der Waals surface area contributed by atoms with Crippen molar-refractivity contribution in [3.63, 3.8) is 0 Å². The van der Waals surface area contributed by atoms with E-state index in [9.17, 15) is 4.79 Å². The number of amides is 1. The highest BCUT2D eigenvalue weighted by Gasteiger charge is 2.29. The molecule has 1 aromatic heterocycles. The summed E-state index contributed by atoms with van der Waals surface area (Å²) in [6.45, 7) is 4.21. The molecule has 0 fully saturated rings. The van der Waals surface area contributed by atoms with Crippen LogP contribution in [0.4, 0.5) is 0 Å². The Morgan fingerprint density at radius 3 is 2.42 bits per heavy atom. The molecule has 1 heterocycles. The number of aromatic nitrogens is 1. The summed E-state index contributed by atoms with van der Waals surface area (Å²) >= 11 is 5.99. The third-order valence-corrected chi connectivity index (χ3v) is 4.80. The highest BCUT2D eigenvalue weighted by atomic mass is 35.5. The molecule has 1 amide bonds. The molecular weight excluding hydrogens is 320 g/mol.